The minimum atomic E-state index is -0.413. The number of benzene rings is 3. The van der Waals surface area contributed by atoms with E-state index in [1.807, 2.05) is 12.1 Å². The van der Waals surface area contributed by atoms with E-state index in [9.17, 15) is 15.0 Å². The van der Waals surface area contributed by atoms with Crippen molar-refractivity contribution in [1.29, 1.82) is 0 Å². The summed E-state index contributed by atoms with van der Waals surface area (Å²) in [7, 11) is 1.57. The molecule has 2 N–H and O–H groups in total. The number of thioether (sulfide) groups is 1. The standard InChI is InChI=1S/C22H19N3O4S/c1-29-20-5-3-2-4-18(20)24-23-14-6-11-19(27)17(12-14)22-25(21(28)13-30-22)15-7-9-16(26)10-8-15/h2-12,22,26-27H,13H2,1H3. The van der Waals surface area contributed by atoms with Gasteiger partial charge in [-0.05, 0) is 54.6 Å². The van der Waals surface area contributed by atoms with Crippen LogP contribution in [0.3, 0.4) is 0 Å². The van der Waals surface area contributed by atoms with Gasteiger partial charge in [-0.15, -0.1) is 16.9 Å². The molecule has 0 spiro atoms. The normalized spacial score (nSPS) is 16.4. The first-order valence-corrected chi connectivity index (χ1v) is 10.2. The predicted molar refractivity (Wildman–Crippen MR) is 116 cm³/mol. The number of hydrogen-bond donors (Lipinski definition) is 2. The van der Waals surface area contributed by atoms with Gasteiger partial charge in [0.1, 0.15) is 28.3 Å². The molecule has 1 amide bonds. The van der Waals surface area contributed by atoms with E-state index < -0.39 is 5.37 Å². The van der Waals surface area contributed by atoms with Crippen LogP contribution in [0.1, 0.15) is 10.9 Å². The summed E-state index contributed by atoms with van der Waals surface area (Å²) >= 11 is 1.42. The lowest BCUT2D eigenvalue weighted by Gasteiger charge is -2.25. The molecule has 152 valence electrons. The first-order valence-electron chi connectivity index (χ1n) is 9.17. The molecule has 0 aromatic heterocycles. The Labute approximate surface area is 177 Å². The number of rotatable bonds is 5. The van der Waals surface area contributed by atoms with Crippen molar-refractivity contribution >= 4 is 34.7 Å². The van der Waals surface area contributed by atoms with Crippen molar-refractivity contribution in [3.8, 4) is 17.2 Å². The van der Waals surface area contributed by atoms with E-state index in [0.717, 1.165) is 0 Å². The van der Waals surface area contributed by atoms with Gasteiger partial charge in [-0.1, -0.05) is 12.1 Å². The zero-order valence-electron chi connectivity index (χ0n) is 16.1. The van der Waals surface area contributed by atoms with Crippen molar-refractivity contribution in [1.82, 2.24) is 0 Å². The van der Waals surface area contributed by atoms with Crippen LogP contribution in [0.25, 0.3) is 0 Å². The molecule has 0 aliphatic carbocycles. The lowest BCUT2D eigenvalue weighted by molar-refractivity contribution is -0.115. The lowest BCUT2D eigenvalue weighted by atomic mass is 10.1. The summed E-state index contributed by atoms with van der Waals surface area (Å²) in [5, 5.41) is 28.1. The summed E-state index contributed by atoms with van der Waals surface area (Å²) in [6.07, 6.45) is 0. The molecular formula is C22H19N3O4S. The van der Waals surface area contributed by atoms with Crippen LogP contribution in [0.2, 0.25) is 0 Å². The van der Waals surface area contributed by atoms with Gasteiger partial charge in [-0.2, -0.15) is 5.11 Å². The fourth-order valence-electron chi connectivity index (χ4n) is 3.17. The van der Waals surface area contributed by atoms with Gasteiger partial charge in [-0.3, -0.25) is 9.69 Å². The second-order valence-electron chi connectivity index (χ2n) is 6.56. The van der Waals surface area contributed by atoms with Crippen LogP contribution in [0.5, 0.6) is 17.2 Å². The highest BCUT2D eigenvalue weighted by molar-refractivity contribution is 8.00. The molecule has 3 aromatic carbocycles. The number of nitrogens with zero attached hydrogens (tertiary/aromatic N) is 3. The highest BCUT2D eigenvalue weighted by atomic mass is 32.2. The fourth-order valence-corrected chi connectivity index (χ4v) is 4.37. The molecule has 8 heteroatoms. The van der Waals surface area contributed by atoms with E-state index >= 15 is 0 Å². The van der Waals surface area contributed by atoms with Crippen LogP contribution >= 0.6 is 11.8 Å². The second-order valence-corrected chi connectivity index (χ2v) is 7.63. The monoisotopic (exact) mass is 421 g/mol. The van der Waals surface area contributed by atoms with Gasteiger partial charge < -0.3 is 14.9 Å². The molecule has 30 heavy (non-hydrogen) atoms. The maximum Gasteiger partial charge on any atom is 0.238 e. The molecule has 0 radical (unpaired) electrons. The number of carbonyl (C=O) groups is 1. The predicted octanol–water partition coefficient (Wildman–Crippen LogP) is 5.30. The molecule has 0 saturated carbocycles. The summed E-state index contributed by atoms with van der Waals surface area (Å²) in [6.45, 7) is 0. The van der Waals surface area contributed by atoms with Gasteiger partial charge in [-0.25, -0.2) is 0 Å². The average Bonchev–Trinajstić information content (AvgIpc) is 3.15. The van der Waals surface area contributed by atoms with E-state index in [1.165, 1.54) is 23.9 Å². The van der Waals surface area contributed by atoms with Crippen molar-refractivity contribution in [3.05, 3.63) is 72.3 Å². The molecule has 1 fully saturated rings. The van der Waals surface area contributed by atoms with E-state index in [-0.39, 0.29) is 23.2 Å². The number of anilines is 1. The number of ether oxygens (including phenoxy) is 1. The number of hydrogen-bond acceptors (Lipinski definition) is 7. The number of azo groups is 1. The molecule has 7 nitrogen and oxygen atoms in total. The maximum atomic E-state index is 12.5. The van der Waals surface area contributed by atoms with Gasteiger partial charge in [0.2, 0.25) is 5.91 Å². The molecule has 1 aliphatic rings. The Morgan fingerprint density at radius 1 is 1.03 bits per heavy atom. The zero-order chi connectivity index (χ0) is 21.1. The van der Waals surface area contributed by atoms with Crippen LogP contribution in [0.15, 0.2) is 77.0 Å². The van der Waals surface area contributed by atoms with Crippen molar-refractivity contribution < 1.29 is 19.7 Å². The molecule has 1 unspecified atom stereocenters. The Hall–Kier alpha value is -3.52. The van der Waals surface area contributed by atoms with E-state index in [0.29, 0.717) is 28.4 Å². The Morgan fingerprint density at radius 3 is 2.57 bits per heavy atom. The second kappa shape index (κ2) is 8.46. The number of amides is 1. The van der Waals surface area contributed by atoms with Gasteiger partial charge in [0, 0.05) is 11.3 Å². The van der Waals surface area contributed by atoms with Crippen LogP contribution in [0.4, 0.5) is 17.1 Å². The maximum absolute atomic E-state index is 12.5. The molecule has 0 bridgehead atoms. The molecule has 1 aliphatic heterocycles. The third kappa shape index (κ3) is 3.95. The molecular weight excluding hydrogens is 402 g/mol. The van der Waals surface area contributed by atoms with Gasteiger partial charge in [0.25, 0.3) is 0 Å². The summed E-state index contributed by atoms with van der Waals surface area (Å²) in [5.74, 6) is 1.02. The topological polar surface area (TPSA) is 94.7 Å². The minimum Gasteiger partial charge on any atom is -0.508 e. The number of para-hydroxylation sites is 1. The van der Waals surface area contributed by atoms with Gasteiger partial charge in [0.05, 0.1) is 18.6 Å². The van der Waals surface area contributed by atoms with Crippen molar-refractivity contribution in [3.63, 3.8) is 0 Å². The number of phenols is 2. The molecule has 4 rings (SSSR count). The number of carbonyl (C=O) groups excluding carboxylic acids is 1. The van der Waals surface area contributed by atoms with Crippen LogP contribution in [-0.2, 0) is 4.79 Å². The third-order valence-electron chi connectivity index (χ3n) is 4.63. The largest absolute Gasteiger partial charge is 0.508 e. The smallest absolute Gasteiger partial charge is 0.238 e. The Balaban J connectivity index is 1.66. The fraction of sp³-hybridized carbons (Fsp3) is 0.136. The minimum absolute atomic E-state index is 0.0715. The molecule has 1 heterocycles. The third-order valence-corrected chi connectivity index (χ3v) is 5.83. The van der Waals surface area contributed by atoms with Crippen molar-refractivity contribution in [2.24, 2.45) is 10.2 Å². The number of phenolic OH excluding ortho intramolecular Hbond substituents is 2. The Bertz CT molecular complexity index is 1100. The van der Waals surface area contributed by atoms with Crippen LogP contribution < -0.4 is 9.64 Å². The Morgan fingerprint density at radius 2 is 1.80 bits per heavy atom. The average molecular weight is 421 g/mol. The van der Waals surface area contributed by atoms with Crippen molar-refractivity contribution in [2.75, 3.05) is 17.8 Å². The first-order chi connectivity index (χ1) is 14.6. The summed E-state index contributed by atoms with van der Waals surface area (Å²) < 4.78 is 5.28. The summed E-state index contributed by atoms with van der Waals surface area (Å²) in [5.41, 5.74) is 2.34. The first kappa shape index (κ1) is 19.8. The quantitative estimate of drug-likeness (QED) is 0.545. The van der Waals surface area contributed by atoms with Gasteiger partial charge in [0.15, 0.2) is 0 Å². The lowest BCUT2D eigenvalue weighted by Crippen LogP contribution is -2.27. The van der Waals surface area contributed by atoms with Crippen LogP contribution in [0, 0.1) is 0 Å². The molecule has 1 saturated heterocycles. The molecule has 1 atom stereocenters. The SMILES string of the molecule is COc1ccccc1N=Nc1ccc(O)c(C2SCC(=O)N2c2ccc(O)cc2)c1. The van der Waals surface area contributed by atoms with E-state index in [4.69, 9.17) is 4.74 Å². The Kier molecular flexibility index (Phi) is 5.58. The summed E-state index contributed by atoms with van der Waals surface area (Å²) in [6, 6.07) is 18.6. The van der Waals surface area contributed by atoms with E-state index in [2.05, 4.69) is 10.2 Å². The molecule has 3 aromatic rings. The number of methoxy groups -OCH3 is 1. The number of aromatic hydroxyl groups is 2. The zero-order valence-corrected chi connectivity index (χ0v) is 16.9. The highest BCUT2D eigenvalue weighted by Crippen LogP contribution is 2.45. The van der Waals surface area contributed by atoms with Crippen molar-refractivity contribution in [2.45, 2.75) is 5.37 Å². The van der Waals surface area contributed by atoms with Gasteiger partial charge >= 0.3 is 0 Å². The van der Waals surface area contributed by atoms with E-state index in [1.54, 1.807) is 54.5 Å². The highest BCUT2D eigenvalue weighted by Gasteiger charge is 2.35. The summed E-state index contributed by atoms with van der Waals surface area (Å²) in [4.78, 5) is 14.1. The van der Waals surface area contributed by atoms with Crippen LogP contribution in [-0.4, -0.2) is 29.0 Å².